The minimum absolute atomic E-state index is 0.256. The van der Waals surface area contributed by atoms with Gasteiger partial charge in [0.05, 0.1) is 13.0 Å². The molecule has 0 aliphatic rings. The number of anilines is 1. The molecule has 0 fully saturated rings. The predicted octanol–water partition coefficient (Wildman–Crippen LogP) is 3.25. The van der Waals surface area contributed by atoms with Gasteiger partial charge in [-0.05, 0) is 17.7 Å². The van der Waals surface area contributed by atoms with Gasteiger partial charge in [0, 0.05) is 11.1 Å². The van der Waals surface area contributed by atoms with Crippen molar-refractivity contribution in [1.29, 1.82) is 0 Å². The Balaban J connectivity index is 1.81. The molecule has 21 heavy (non-hydrogen) atoms. The number of nitrogens with one attached hydrogen (secondary N) is 1. The Morgan fingerprint density at radius 3 is 2.33 bits per heavy atom. The normalized spacial score (nSPS) is 11.4. The summed E-state index contributed by atoms with van der Waals surface area (Å²) in [6.07, 6.45) is -0.164. The minimum Gasteiger partial charge on any atom is -0.455 e. The molecular weight excluding hydrogens is 282 g/mol. The summed E-state index contributed by atoms with van der Waals surface area (Å²) in [4.78, 5) is 11.9. The highest BCUT2D eigenvalue weighted by Gasteiger charge is 2.12. The van der Waals surface area contributed by atoms with Gasteiger partial charge >= 0.3 is 5.97 Å². The summed E-state index contributed by atoms with van der Waals surface area (Å²) in [5.41, 5.74) is 1.90. The van der Waals surface area contributed by atoms with Gasteiger partial charge < -0.3 is 10.1 Å². The predicted molar refractivity (Wildman–Crippen MR) is 88.6 cm³/mol. The Labute approximate surface area is 129 Å². The molecule has 0 saturated carbocycles. The fourth-order valence-corrected chi connectivity index (χ4v) is 2.02. The first-order valence-corrected chi connectivity index (χ1v) is 7.22. The molecule has 2 rings (SSSR count). The molecular formula is C17H17NO2S. The van der Waals surface area contributed by atoms with Gasteiger partial charge in [-0.15, -0.1) is 0 Å². The van der Waals surface area contributed by atoms with Crippen molar-refractivity contribution < 1.29 is 9.53 Å². The fourth-order valence-electron chi connectivity index (χ4n) is 1.87. The quantitative estimate of drug-likeness (QED) is 0.629. The molecule has 1 N–H and O–H groups in total. The zero-order chi connectivity index (χ0) is 14.9. The van der Waals surface area contributed by atoms with Gasteiger partial charge in [-0.1, -0.05) is 60.7 Å². The highest BCUT2D eigenvalue weighted by atomic mass is 32.1. The fraction of sp³-hybridized carbons (Fsp3) is 0.176. The van der Waals surface area contributed by atoms with Crippen molar-refractivity contribution in [2.75, 3.05) is 11.9 Å². The second kappa shape index (κ2) is 8.17. The van der Waals surface area contributed by atoms with Crippen LogP contribution in [0.1, 0.15) is 5.56 Å². The van der Waals surface area contributed by atoms with Crippen molar-refractivity contribution >= 4 is 29.2 Å². The lowest BCUT2D eigenvalue weighted by molar-refractivity contribution is -0.144. The number of hydrogen-bond acceptors (Lipinski definition) is 4. The van der Waals surface area contributed by atoms with Gasteiger partial charge in [-0.2, -0.15) is 0 Å². The topological polar surface area (TPSA) is 38.3 Å². The Morgan fingerprint density at radius 2 is 1.71 bits per heavy atom. The van der Waals surface area contributed by atoms with E-state index >= 15 is 0 Å². The number of hydrogen-bond donors (Lipinski definition) is 1. The highest BCUT2D eigenvalue weighted by molar-refractivity contribution is 7.79. The van der Waals surface area contributed by atoms with Crippen LogP contribution in [0.5, 0.6) is 0 Å². The number of thiocarbonyl (C=S) groups is 1. The Bertz CT molecular complexity index is 572. The van der Waals surface area contributed by atoms with Crippen molar-refractivity contribution in [1.82, 2.24) is 0 Å². The van der Waals surface area contributed by atoms with E-state index in [4.69, 9.17) is 17.0 Å². The molecule has 3 nitrogen and oxygen atoms in total. The van der Waals surface area contributed by atoms with Crippen LogP contribution in [0.25, 0.3) is 0 Å². The highest BCUT2D eigenvalue weighted by Crippen LogP contribution is 2.06. The third kappa shape index (κ3) is 5.36. The molecule has 0 amide bonds. The third-order valence-electron chi connectivity index (χ3n) is 2.91. The number of carbonyl (C=O) groups is 1. The van der Waals surface area contributed by atoms with Crippen LogP contribution in [-0.4, -0.2) is 24.0 Å². The molecule has 0 spiro atoms. The van der Waals surface area contributed by atoms with Gasteiger partial charge in [-0.25, -0.2) is 0 Å². The van der Waals surface area contributed by atoms with Crippen molar-refractivity contribution in [3.8, 4) is 0 Å². The monoisotopic (exact) mass is 299 g/mol. The first-order chi connectivity index (χ1) is 10.3. The van der Waals surface area contributed by atoms with Gasteiger partial charge in [-0.3, -0.25) is 4.79 Å². The molecule has 1 unspecified atom stereocenters. The number of carbonyl (C=O) groups excluding carboxylic acids is 1. The van der Waals surface area contributed by atoms with Gasteiger partial charge in [0.2, 0.25) is 0 Å². The lowest BCUT2D eigenvalue weighted by Crippen LogP contribution is -2.27. The third-order valence-corrected chi connectivity index (χ3v) is 3.21. The van der Waals surface area contributed by atoms with E-state index in [9.17, 15) is 4.79 Å². The summed E-state index contributed by atoms with van der Waals surface area (Å²) in [5.74, 6) is -0.276. The van der Waals surface area contributed by atoms with E-state index in [1.165, 1.54) is 5.37 Å². The van der Waals surface area contributed by atoms with Crippen LogP contribution in [0.2, 0.25) is 0 Å². The van der Waals surface area contributed by atoms with Gasteiger partial charge in [0.15, 0.2) is 0 Å². The molecule has 2 aromatic carbocycles. The van der Waals surface area contributed by atoms with E-state index in [-0.39, 0.29) is 12.4 Å². The van der Waals surface area contributed by atoms with E-state index < -0.39 is 6.10 Å². The largest absolute Gasteiger partial charge is 0.455 e. The Kier molecular flexibility index (Phi) is 5.91. The standard InChI is InChI=1S/C17H17NO2S/c19-17(11-14-7-3-1-4-8-14)20-16(13-21)12-18-15-9-5-2-6-10-15/h1-10,13,16,18H,11-12H2. The minimum atomic E-state index is -0.420. The van der Waals surface area contributed by atoms with Gasteiger partial charge in [0.1, 0.15) is 6.10 Å². The van der Waals surface area contributed by atoms with Crippen LogP contribution in [0.15, 0.2) is 60.7 Å². The average Bonchev–Trinajstić information content (AvgIpc) is 2.53. The second-order valence-electron chi connectivity index (χ2n) is 4.57. The average molecular weight is 299 g/mol. The van der Waals surface area contributed by atoms with E-state index in [0.29, 0.717) is 6.54 Å². The van der Waals surface area contributed by atoms with Crippen LogP contribution in [0.3, 0.4) is 0 Å². The number of esters is 1. The molecule has 0 saturated heterocycles. The zero-order valence-corrected chi connectivity index (χ0v) is 12.4. The molecule has 1 atom stereocenters. The zero-order valence-electron chi connectivity index (χ0n) is 11.6. The van der Waals surface area contributed by atoms with E-state index in [1.807, 2.05) is 60.7 Å². The summed E-state index contributed by atoms with van der Waals surface area (Å²) in [7, 11) is 0. The number of para-hydroxylation sites is 1. The molecule has 4 heteroatoms. The summed E-state index contributed by atoms with van der Waals surface area (Å²) in [6.45, 7) is 0.466. The summed E-state index contributed by atoms with van der Waals surface area (Å²) < 4.78 is 5.36. The Hall–Kier alpha value is -2.20. The van der Waals surface area contributed by atoms with Crippen LogP contribution in [0, 0.1) is 0 Å². The molecule has 0 radical (unpaired) electrons. The van der Waals surface area contributed by atoms with Gasteiger partial charge in [0.25, 0.3) is 0 Å². The van der Waals surface area contributed by atoms with Crippen LogP contribution >= 0.6 is 12.2 Å². The van der Waals surface area contributed by atoms with E-state index in [2.05, 4.69) is 5.32 Å². The molecule has 2 aromatic rings. The van der Waals surface area contributed by atoms with Crippen molar-refractivity contribution in [2.24, 2.45) is 0 Å². The maximum absolute atomic E-state index is 11.9. The van der Waals surface area contributed by atoms with Crippen LogP contribution < -0.4 is 5.32 Å². The molecule has 0 aliphatic carbocycles. The first-order valence-electron chi connectivity index (χ1n) is 6.75. The number of ether oxygens (including phenoxy) is 1. The first kappa shape index (κ1) is 15.2. The molecule has 0 heterocycles. The summed E-state index contributed by atoms with van der Waals surface area (Å²) >= 11 is 4.93. The molecule has 0 aliphatic heterocycles. The second-order valence-corrected chi connectivity index (χ2v) is 4.85. The summed E-state index contributed by atoms with van der Waals surface area (Å²) in [5, 5.41) is 4.66. The molecule has 108 valence electrons. The maximum Gasteiger partial charge on any atom is 0.310 e. The lowest BCUT2D eigenvalue weighted by Gasteiger charge is -2.15. The Morgan fingerprint density at radius 1 is 1.10 bits per heavy atom. The smallest absolute Gasteiger partial charge is 0.310 e. The number of rotatable bonds is 7. The van der Waals surface area contributed by atoms with E-state index in [0.717, 1.165) is 11.3 Å². The van der Waals surface area contributed by atoms with Crippen LogP contribution in [-0.2, 0) is 16.0 Å². The van der Waals surface area contributed by atoms with Crippen molar-refractivity contribution in [2.45, 2.75) is 12.5 Å². The van der Waals surface area contributed by atoms with Crippen molar-refractivity contribution in [3.63, 3.8) is 0 Å². The maximum atomic E-state index is 11.9. The van der Waals surface area contributed by atoms with Crippen molar-refractivity contribution in [3.05, 3.63) is 66.2 Å². The number of benzene rings is 2. The SMILES string of the molecule is O=C(Cc1ccccc1)OC(C=S)CNc1ccccc1. The van der Waals surface area contributed by atoms with E-state index in [1.54, 1.807) is 0 Å². The lowest BCUT2D eigenvalue weighted by atomic mass is 10.1. The summed E-state index contributed by atoms with van der Waals surface area (Å²) in [6, 6.07) is 19.2. The molecule has 0 bridgehead atoms. The molecule has 0 aromatic heterocycles. The van der Waals surface area contributed by atoms with Crippen LogP contribution in [0.4, 0.5) is 5.69 Å².